The van der Waals surface area contributed by atoms with Crippen molar-refractivity contribution in [3.8, 4) is 17.2 Å². The molecule has 1 N–H and O–H groups in total. The molecule has 2 heterocycles. The summed E-state index contributed by atoms with van der Waals surface area (Å²) in [6, 6.07) is 14.4. The number of rotatable bonds is 9. The number of hydrogen-bond acceptors (Lipinski definition) is 6. The largest absolute Gasteiger partial charge is 0.497 e. The quantitative estimate of drug-likeness (QED) is 0.386. The van der Waals surface area contributed by atoms with Gasteiger partial charge in [0, 0.05) is 6.54 Å². The minimum atomic E-state index is -0.755. The lowest BCUT2D eigenvalue weighted by Crippen LogP contribution is -2.39. The molecule has 36 heavy (non-hydrogen) atoms. The van der Waals surface area contributed by atoms with Crippen LogP contribution >= 0.6 is 0 Å². The van der Waals surface area contributed by atoms with Gasteiger partial charge in [0.05, 0.1) is 36.7 Å². The zero-order valence-electron chi connectivity index (χ0n) is 21.2. The Morgan fingerprint density at radius 1 is 1.06 bits per heavy atom. The van der Waals surface area contributed by atoms with Gasteiger partial charge in [-0.1, -0.05) is 25.1 Å². The van der Waals surface area contributed by atoms with Crippen LogP contribution in [0.4, 0.5) is 0 Å². The van der Waals surface area contributed by atoms with Crippen molar-refractivity contribution < 1.29 is 14.3 Å². The van der Waals surface area contributed by atoms with E-state index in [1.54, 1.807) is 18.9 Å². The van der Waals surface area contributed by atoms with Crippen LogP contribution < -0.4 is 20.3 Å². The molecule has 0 saturated heterocycles. The van der Waals surface area contributed by atoms with Crippen LogP contribution in [0, 0.1) is 13.8 Å². The standard InChI is InChI=1S/C27H31N5O4/c1-6-22(26(33)28-15-14-19-16-21(35-4)12-13-23(19)36-5)32-27(34)25-24(17(2)29-32)18(3)31(30-25)20-10-8-7-9-11-20/h7-13,16,22H,6,14-15H2,1-5H3,(H,28,33)/t22-/m0/s1. The Morgan fingerprint density at radius 3 is 2.47 bits per heavy atom. The van der Waals surface area contributed by atoms with E-state index in [9.17, 15) is 9.59 Å². The fourth-order valence-electron chi connectivity index (χ4n) is 4.47. The van der Waals surface area contributed by atoms with Gasteiger partial charge in [-0.25, -0.2) is 9.36 Å². The third-order valence-corrected chi connectivity index (χ3v) is 6.31. The number of nitrogens with one attached hydrogen (secondary N) is 1. The van der Waals surface area contributed by atoms with Gasteiger partial charge in [-0.2, -0.15) is 10.2 Å². The number of carbonyl (C=O) groups excluding carboxylic acids is 1. The number of ether oxygens (including phenoxy) is 2. The van der Waals surface area contributed by atoms with Crippen molar-refractivity contribution in [3.05, 3.63) is 75.8 Å². The van der Waals surface area contributed by atoms with Crippen LogP contribution in [0.1, 0.15) is 36.3 Å². The summed E-state index contributed by atoms with van der Waals surface area (Å²) in [5, 5.41) is 12.8. The first-order chi connectivity index (χ1) is 17.4. The topological polar surface area (TPSA) is 100 Å². The molecule has 0 aliphatic rings. The van der Waals surface area contributed by atoms with Gasteiger partial charge < -0.3 is 14.8 Å². The van der Waals surface area contributed by atoms with E-state index in [1.165, 1.54) is 4.68 Å². The van der Waals surface area contributed by atoms with Crippen molar-refractivity contribution in [1.29, 1.82) is 0 Å². The molecule has 1 amide bonds. The second kappa shape index (κ2) is 10.6. The third-order valence-electron chi connectivity index (χ3n) is 6.31. The second-order valence-corrected chi connectivity index (χ2v) is 8.53. The van der Waals surface area contributed by atoms with E-state index >= 15 is 0 Å². The molecule has 0 spiro atoms. The van der Waals surface area contributed by atoms with Crippen molar-refractivity contribution >= 4 is 16.8 Å². The van der Waals surface area contributed by atoms with Gasteiger partial charge in [-0.05, 0) is 62.6 Å². The number of carbonyl (C=O) groups is 1. The third kappa shape index (κ3) is 4.68. The number of para-hydroxylation sites is 1. The van der Waals surface area contributed by atoms with Crippen molar-refractivity contribution in [1.82, 2.24) is 24.9 Å². The highest BCUT2D eigenvalue weighted by Gasteiger charge is 2.25. The Labute approximate surface area is 209 Å². The van der Waals surface area contributed by atoms with E-state index in [0.717, 1.165) is 22.7 Å². The predicted molar refractivity (Wildman–Crippen MR) is 138 cm³/mol. The highest BCUT2D eigenvalue weighted by Crippen LogP contribution is 2.25. The molecular weight excluding hydrogens is 458 g/mol. The molecule has 9 heteroatoms. The zero-order chi connectivity index (χ0) is 25.8. The van der Waals surface area contributed by atoms with Gasteiger partial charge >= 0.3 is 0 Å². The maximum atomic E-state index is 13.4. The fourth-order valence-corrected chi connectivity index (χ4v) is 4.47. The average molecular weight is 490 g/mol. The van der Waals surface area contributed by atoms with E-state index in [2.05, 4.69) is 15.5 Å². The van der Waals surface area contributed by atoms with Crippen LogP contribution in [0.3, 0.4) is 0 Å². The molecule has 0 aliphatic heterocycles. The number of fused-ring (bicyclic) bond motifs is 1. The van der Waals surface area contributed by atoms with E-state index < -0.39 is 6.04 Å². The molecule has 9 nitrogen and oxygen atoms in total. The molecule has 0 unspecified atom stereocenters. The molecule has 4 aromatic rings. The van der Waals surface area contributed by atoms with Gasteiger partial charge in [0.2, 0.25) is 5.91 Å². The fraction of sp³-hybridized carbons (Fsp3) is 0.333. The molecule has 2 aromatic carbocycles. The number of amides is 1. The summed E-state index contributed by atoms with van der Waals surface area (Å²) >= 11 is 0. The number of nitrogens with zero attached hydrogens (tertiary/aromatic N) is 4. The maximum absolute atomic E-state index is 13.4. The van der Waals surface area contributed by atoms with E-state index in [4.69, 9.17) is 9.47 Å². The summed E-state index contributed by atoms with van der Waals surface area (Å²) in [5.41, 5.74) is 3.17. The monoisotopic (exact) mass is 489 g/mol. The summed E-state index contributed by atoms with van der Waals surface area (Å²) in [4.78, 5) is 26.6. The molecule has 2 aromatic heterocycles. The number of benzene rings is 2. The SMILES string of the molecule is CC[C@@H](C(=O)NCCc1cc(OC)ccc1OC)n1nc(C)c2c(C)n(-c3ccccc3)nc2c1=O. The van der Waals surface area contributed by atoms with Crippen LogP contribution in [0.25, 0.3) is 16.6 Å². The molecule has 188 valence electrons. The Bertz CT molecular complexity index is 1440. The lowest BCUT2D eigenvalue weighted by molar-refractivity contribution is -0.124. The van der Waals surface area contributed by atoms with E-state index in [1.807, 2.05) is 69.3 Å². The number of hydrogen-bond donors (Lipinski definition) is 1. The molecule has 0 fully saturated rings. The second-order valence-electron chi connectivity index (χ2n) is 8.53. The molecule has 0 saturated carbocycles. The first-order valence-corrected chi connectivity index (χ1v) is 11.9. The van der Waals surface area contributed by atoms with Gasteiger partial charge in [0.1, 0.15) is 17.5 Å². The predicted octanol–water partition coefficient (Wildman–Crippen LogP) is 3.53. The molecule has 4 rings (SSSR count). The van der Waals surface area contributed by atoms with Crippen LogP contribution in [-0.4, -0.2) is 46.2 Å². The maximum Gasteiger partial charge on any atom is 0.295 e. The van der Waals surface area contributed by atoms with E-state index in [-0.39, 0.29) is 11.5 Å². The van der Waals surface area contributed by atoms with Gasteiger partial charge in [-0.3, -0.25) is 9.59 Å². The highest BCUT2D eigenvalue weighted by molar-refractivity contribution is 5.84. The van der Waals surface area contributed by atoms with Crippen LogP contribution in [0.2, 0.25) is 0 Å². The average Bonchev–Trinajstić information content (AvgIpc) is 3.25. The molecule has 0 aliphatic carbocycles. The first kappa shape index (κ1) is 25.0. The van der Waals surface area contributed by atoms with Gasteiger partial charge in [0.15, 0.2) is 5.52 Å². The molecule has 0 radical (unpaired) electrons. The van der Waals surface area contributed by atoms with Gasteiger partial charge in [0.25, 0.3) is 5.56 Å². The minimum Gasteiger partial charge on any atom is -0.497 e. The van der Waals surface area contributed by atoms with Crippen LogP contribution in [0.15, 0.2) is 53.3 Å². The zero-order valence-corrected chi connectivity index (χ0v) is 21.2. The van der Waals surface area contributed by atoms with Crippen molar-refractivity contribution in [2.45, 2.75) is 39.7 Å². The highest BCUT2D eigenvalue weighted by atomic mass is 16.5. The van der Waals surface area contributed by atoms with Crippen LogP contribution in [-0.2, 0) is 11.2 Å². The number of methoxy groups -OCH3 is 2. The Morgan fingerprint density at radius 2 is 1.81 bits per heavy atom. The molecule has 0 bridgehead atoms. The summed E-state index contributed by atoms with van der Waals surface area (Å²) in [6.07, 6.45) is 0.953. The summed E-state index contributed by atoms with van der Waals surface area (Å²) < 4.78 is 13.7. The molecule has 1 atom stereocenters. The van der Waals surface area contributed by atoms with E-state index in [0.29, 0.717) is 41.7 Å². The lowest BCUT2D eigenvalue weighted by Gasteiger charge is -2.18. The first-order valence-electron chi connectivity index (χ1n) is 11.9. The normalized spacial score (nSPS) is 11.9. The smallest absolute Gasteiger partial charge is 0.295 e. The summed E-state index contributed by atoms with van der Waals surface area (Å²) in [7, 11) is 3.21. The summed E-state index contributed by atoms with van der Waals surface area (Å²) in [5.74, 6) is 1.17. The number of aryl methyl sites for hydroxylation is 2. The van der Waals surface area contributed by atoms with Gasteiger partial charge in [-0.15, -0.1) is 0 Å². The Kier molecular flexibility index (Phi) is 7.38. The Hall–Kier alpha value is -4.14. The van der Waals surface area contributed by atoms with Crippen molar-refractivity contribution in [2.75, 3.05) is 20.8 Å². The van der Waals surface area contributed by atoms with Crippen molar-refractivity contribution in [3.63, 3.8) is 0 Å². The summed E-state index contributed by atoms with van der Waals surface area (Å²) in [6.45, 7) is 5.98. The minimum absolute atomic E-state index is 0.271. The lowest BCUT2D eigenvalue weighted by atomic mass is 10.1. The van der Waals surface area contributed by atoms with Crippen molar-refractivity contribution in [2.24, 2.45) is 0 Å². The number of aromatic nitrogens is 4. The van der Waals surface area contributed by atoms with Crippen LogP contribution in [0.5, 0.6) is 11.5 Å². The molecular formula is C27H31N5O4. The Balaban J connectivity index is 1.59.